The SMILES string of the molecule is CC(C)[C@](C)(C#N)NC(=O)COC(=O)c1cccnc1SC(F)F. The lowest BCUT2D eigenvalue weighted by Crippen LogP contribution is -2.50. The second kappa shape index (κ2) is 8.59. The molecule has 1 heterocycles. The molecule has 1 atom stereocenters. The molecule has 1 aromatic heterocycles. The van der Waals surface area contributed by atoms with Gasteiger partial charge >= 0.3 is 5.97 Å². The number of aromatic nitrogens is 1. The standard InChI is InChI=1S/C15H17F2N3O3S/c1-9(2)15(3,8-18)20-11(21)7-23-13(22)10-5-4-6-19-12(10)24-14(16)17/h4-6,9,14H,7H2,1-3H3,(H,20,21)/t15-/m0/s1. The van der Waals surface area contributed by atoms with Crippen LogP contribution in [-0.4, -0.2) is 34.8 Å². The Bertz CT molecular complexity index is 649. The average molecular weight is 357 g/mol. The number of hydrogen-bond donors (Lipinski definition) is 1. The van der Waals surface area contributed by atoms with Crippen LogP contribution in [-0.2, 0) is 9.53 Å². The summed E-state index contributed by atoms with van der Waals surface area (Å²) in [5.41, 5.74) is -1.25. The lowest BCUT2D eigenvalue weighted by Gasteiger charge is -2.27. The molecule has 1 N–H and O–H groups in total. The van der Waals surface area contributed by atoms with Crippen molar-refractivity contribution in [1.82, 2.24) is 10.3 Å². The molecule has 9 heteroatoms. The van der Waals surface area contributed by atoms with Gasteiger partial charge in [0, 0.05) is 6.20 Å². The van der Waals surface area contributed by atoms with E-state index in [4.69, 9.17) is 10.00 Å². The molecule has 1 amide bonds. The molecule has 0 aliphatic rings. The molecule has 0 bridgehead atoms. The summed E-state index contributed by atoms with van der Waals surface area (Å²) in [6.45, 7) is 4.45. The van der Waals surface area contributed by atoms with Gasteiger partial charge in [-0.05, 0) is 36.7 Å². The number of thioether (sulfide) groups is 1. The summed E-state index contributed by atoms with van der Waals surface area (Å²) in [4.78, 5) is 27.5. The van der Waals surface area contributed by atoms with E-state index in [1.807, 2.05) is 6.07 Å². The molecule has 130 valence electrons. The molecule has 1 aromatic rings. The van der Waals surface area contributed by atoms with Gasteiger partial charge in [-0.1, -0.05) is 13.8 Å². The van der Waals surface area contributed by atoms with Crippen LogP contribution in [0.1, 0.15) is 31.1 Å². The van der Waals surface area contributed by atoms with Crippen molar-refractivity contribution >= 4 is 23.6 Å². The average Bonchev–Trinajstić information content (AvgIpc) is 2.52. The maximum absolute atomic E-state index is 12.5. The second-order valence-corrected chi connectivity index (χ2v) is 6.31. The van der Waals surface area contributed by atoms with E-state index in [-0.39, 0.29) is 28.3 Å². The molecule has 0 saturated heterocycles. The van der Waals surface area contributed by atoms with E-state index < -0.39 is 29.8 Å². The molecule has 0 radical (unpaired) electrons. The highest BCUT2D eigenvalue weighted by Gasteiger charge is 2.30. The Balaban J connectivity index is 2.70. The Hall–Kier alpha value is -2.21. The minimum atomic E-state index is -2.74. The molecule has 0 aliphatic carbocycles. The van der Waals surface area contributed by atoms with E-state index in [1.165, 1.54) is 18.3 Å². The van der Waals surface area contributed by atoms with Crippen LogP contribution < -0.4 is 5.32 Å². The number of carbonyl (C=O) groups excluding carboxylic acids is 2. The van der Waals surface area contributed by atoms with Crippen molar-refractivity contribution in [3.8, 4) is 6.07 Å². The fourth-order valence-corrected chi connectivity index (χ4v) is 2.13. The van der Waals surface area contributed by atoms with E-state index in [9.17, 15) is 18.4 Å². The van der Waals surface area contributed by atoms with Gasteiger partial charge in [0.05, 0.1) is 11.6 Å². The minimum absolute atomic E-state index is 0.116. The Morgan fingerprint density at radius 3 is 2.71 bits per heavy atom. The van der Waals surface area contributed by atoms with Gasteiger partial charge in [-0.25, -0.2) is 9.78 Å². The molecule has 6 nitrogen and oxygen atoms in total. The smallest absolute Gasteiger partial charge is 0.341 e. The third kappa shape index (κ3) is 5.45. The number of hydrogen-bond acceptors (Lipinski definition) is 6. The number of carbonyl (C=O) groups is 2. The van der Waals surface area contributed by atoms with Crippen molar-refractivity contribution in [3.05, 3.63) is 23.9 Å². The number of halogens is 2. The predicted molar refractivity (Wildman–Crippen MR) is 83.4 cm³/mol. The zero-order chi connectivity index (χ0) is 18.3. The van der Waals surface area contributed by atoms with Crippen molar-refractivity contribution in [2.75, 3.05) is 6.61 Å². The Morgan fingerprint density at radius 2 is 2.17 bits per heavy atom. The molecule has 0 aliphatic heterocycles. The number of pyridine rings is 1. The topological polar surface area (TPSA) is 92.1 Å². The van der Waals surface area contributed by atoms with Crippen molar-refractivity contribution in [2.24, 2.45) is 5.92 Å². The first-order chi connectivity index (χ1) is 11.2. The third-order valence-electron chi connectivity index (χ3n) is 3.31. The first-order valence-electron chi connectivity index (χ1n) is 6.98. The largest absolute Gasteiger partial charge is 0.452 e. The Kier molecular flexibility index (Phi) is 7.10. The van der Waals surface area contributed by atoms with E-state index in [0.717, 1.165) is 0 Å². The molecule has 0 fully saturated rings. The summed E-state index contributed by atoms with van der Waals surface area (Å²) in [5, 5.41) is 11.4. The summed E-state index contributed by atoms with van der Waals surface area (Å²) in [5.74, 6) is -4.50. The van der Waals surface area contributed by atoms with Crippen LogP contribution in [0.5, 0.6) is 0 Å². The normalized spacial score (nSPS) is 13.2. The van der Waals surface area contributed by atoms with Gasteiger partial charge < -0.3 is 10.1 Å². The molecule has 0 aromatic carbocycles. The van der Waals surface area contributed by atoms with Gasteiger partial charge in [-0.15, -0.1) is 0 Å². The van der Waals surface area contributed by atoms with Gasteiger partial charge in [0.15, 0.2) is 6.61 Å². The lowest BCUT2D eigenvalue weighted by atomic mass is 9.90. The van der Waals surface area contributed by atoms with E-state index in [2.05, 4.69) is 10.3 Å². The molecule has 0 saturated carbocycles. The zero-order valence-corrected chi connectivity index (χ0v) is 14.2. The number of alkyl halides is 2. The highest BCUT2D eigenvalue weighted by atomic mass is 32.2. The monoisotopic (exact) mass is 357 g/mol. The maximum atomic E-state index is 12.5. The molecule has 24 heavy (non-hydrogen) atoms. The van der Waals surface area contributed by atoms with Gasteiger partial charge in [0.2, 0.25) is 0 Å². The predicted octanol–water partition coefficient (Wildman–Crippen LogP) is 2.61. The number of rotatable bonds is 7. The fourth-order valence-electron chi connectivity index (χ4n) is 1.56. The zero-order valence-electron chi connectivity index (χ0n) is 13.4. The van der Waals surface area contributed by atoms with E-state index in [1.54, 1.807) is 20.8 Å². The quantitative estimate of drug-likeness (QED) is 0.596. The highest BCUT2D eigenvalue weighted by molar-refractivity contribution is 7.99. The van der Waals surface area contributed by atoms with Crippen LogP contribution in [0.2, 0.25) is 0 Å². The number of esters is 1. The van der Waals surface area contributed by atoms with Crippen molar-refractivity contribution < 1.29 is 23.1 Å². The second-order valence-electron chi connectivity index (χ2n) is 5.33. The maximum Gasteiger partial charge on any atom is 0.341 e. The van der Waals surface area contributed by atoms with Crippen LogP contribution in [0.4, 0.5) is 8.78 Å². The van der Waals surface area contributed by atoms with E-state index in [0.29, 0.717) is 0 Å². The number of nitriles is 1. The number of nitrogens with one attached hydrogen (secondary N) is 1. The Labute approximate surface area is 142 Å². The van der Waals surface area contributed by atoms with Gasteiger partial charge in [0.25, 0.3) is 11.7 Å². The van der Waals surface area contributed by atoms with Gasteiger partial charge in [-0.2, -0.15) is 14.0 Å². The van der Waals surface area contributed by atoms with Crippen LogP contribution in [0.3, 0.4) is 0 Å². The number of ether oxygens (including phenoxy) is 1. The van der Waals surface area contributed by atoms with Crippen LogP contribution in [0.15, 0.2) is 23.4 Å². The fraction of sp³-hybridized carbons (Fsp3) is 0.467. The van der Waals surface area contributed by atoms with Crippen LogP contribution in [0.25, 0.3) is 0 Å². The van der Waals surface area contributed by atoms with Gasteiger partial charge in [0.1, 0.15) is 10.6 Å². The summed E-state index contributed by atoms with van der Waals surface area (Å²) in [6, 6.07) is 4.67. The lowest BCUT2D eigenvalue weighted by molar-refractivity contribution is -0.125. The van der Waals surface area contributed by atoms with Crippen LogP contribution in [0, 0.1) is 17.2 Å². The highest BCUT2D eigenvalue weighted by Crippen LogP contribution is 2.26. The number of nitrogens with zero attached hydrogens (tertiary/aromatic N) is 2. The third-order valence-corrected chi connectivity index (χ3v) is 4.04. The summed E-state index contributed by atoms with van der Waals surface area (Å²) < 4.78 is 29.7. The number of amides is 1. The van der Waals surface area contributed by atoms with Crippen molar-refractivity contribution in [2.45, 2.75) is 37.1 Å². The molecule has 1 rings (SSSR count). The molecular formula is C15H17F2N3O3S. The Morgan fingerprint density at radius 1 is 1.50 bits per heavy atom. The minimum Gasteiger partial charge on any atom is -0.452 e. The van der Waals surface area contributed by atoms with E-state index >= 15 is 0 Å². The summed E-state index contributed by atoms with van der Waals surface area (Å²) in [6.07, 6.45) is 1.27. The van der Waals surface area contributed by atoms with Crippen LogP contribution >= 0.6 is 11.8 Å². The molecule has 0 unspecified atom stereocenters. The van der Waals surface area contributed by atoms with Crippen molar-refractivity contribution in [3.63, 3.8) is 0 Å². The summed E-state index contributed by atoms with van der Waals surface area (Å²) in [7, 11) is 0. The molecular weight excluding hydrogens is 340 g/mol. The first kappa shape index (κ1) is 19.8. The van der Waals surface area contributed by atoms with Gasteiger partial charge in [-0.3, -0.25) is 4.79 Å². The summed E-state index contributed by atoms with van der Waals surface area (Å²) >= 11 is 0.116. The molecule has 0 spiro atoms. The van der Waals surface area contributed by atoms with Crippen molar-refractivity contribution in [1.29, 1.82) is 5.26 Å². The first-order valence-corrected chi connectivity index (χ1v) is 7.86.